The Morgan fingerprint density at radius 1 is 1.10 bits per heavy atom. The van der Waals surface area contributed by atoms with Crippen molar-refractivity contribution in [2.75, 3.05) is 47.1 Å². The summed E-state index contributed by atoms with van der Waals surface area (Å²) in [6.07, 6.45) is 9.88. The molecular weight excluding hydrogens is 374 g/mol. The molecule has 3 aliphatic rings. The van der Waals surface area contributed by atoms with Crippen LogP contribution in [0.4, 0.5) is 0 Å². The molecule has 0 saturated heterocycles. The lowest BCUT2D eigenvalue weighted by Gasteiger charge is -2.49. The number of allylic oxidation sites excluding steroid dienone is 1. The maximum absolute atomic E-state index is 9.87. The van der Waals surface area contributed by atoms with Gasteiger partial charge in [0.1, 0.15) is 5.75 Å². The number of likely N-dealkylation sites (N-methyl/N-ethyl adjacent to an activating group) is 1. The van der Waals surface area contributed by atoms with E-state index < -0.39 is 0 Å². The van der Waals surface area contributed by atoms with Crippen molar-refractivity contribution in [2.45, 2.75) is 51.4 Å². The van der Waals surface area contributed by atoms with Gasteiger partial charge in [0.05, 0.1) is 26.4 Å². The Kier molecular flexibility index (Phi) is 6.86. The van der Waals surface area contributed by atoms with Crippen LogP contribution in [0.2, 0.25) is 0 Å². The lowest BCUT2D eigenvalue weighted by Crippen LogP contribution is -2.40. The second-order valence-corrected chi connectivity index (χ2v) is 10.0. The number of fused-ring (bicyclic) bond motifs is 5. The lowest BCUT2D eigenvalue weighted by atomic mass is 9.55. The number of aromatic hydroxyl groups is 1. The Morgan fingerprint density at radius 2 is 1.93 bits per heavy atom. The molecule has 4 heteroatoms. The normalized spacial score (nSPS) is 31.6. The van der Waals surface area contributed by atoms with E-state index >= 15 is 0 Å². The van der Waals surface area contributed by atoms with Crippen LogP contribution in [0.25, 0.3) is 0 Å². The molecule has 2 fully saturated rings. The molecule has 1 aromatic rings. The van der Waals surface area contributed by atoms with Crippen molar-refractivity contribution in [1.29, 1.82) is 0 Å². The van der Waals surface area contributed by atoms with Gasteiger partial charge in [-0.3, -0.25) is 0 Å². The standard InChI is InChI=1S/C26H39NO3/c1-26-12-10-23-22-8-6-21(28)18-19(22)4-7-24(23)25(26)9-5-20(26)11-14-29-16-17-30-15-13-27(2)3/h6,8,11,18,23-25,28H,4-5,7,9-10,12-17H2,1-3H3/t23-,24-,25+,26-/m1/s1. The highest BCUT2D eigenvalue weighted by Gasteiger charge is 2.52. The highest BCUT2D eigenvalue weighted by molar-refractivity contribution is 5.40. The zero-order chi connectivity index (χ0) is 21.1. The smallest absolute Gasteiger partial charge is 0.115 e. The van der Waals surface area contributed by atoms with Gasteiger partial charge in [0.15, 0.2) is 0 Å². The SMILES string of the molecule is CN(C)CCOCCOCC=C1CC[C@H]2[C@@H]3CCc4cc(O)ccc4[C@H]3CC[C@]12C. The highest BCUT2D eigenvalue weighted by Crippen LogP contribution is 2.62. The minimum absolute atomic E-state index is 0.348. The van der Waals surface area contributed by atoms with Gasteiger partial charge in [-0.1, -0.05) is 24.6 Å². The molecular formula is C26H39NO3. The summed E-state index contributed by atoms with van der Waals surface area (Å²) in [7, 11) is 4.12. The number of hydrogen-bond donors (Lipinski definition) is 1. The van der Waals surface area contributed by atoms with Gasteiger partial charge < -0.3 is 19.5 Å². The van der Waals surface area contributed by atoms with E-state index in [0.717, 1.165) is 31.4 Å². The van der Waals surface area contributed by atoms with Gasteiger partial charge >= 0.3 is 0 Å². The molecule has 166 valence electrons. The van der Waals surface area contributed by atoms with Crippen LogP contribution < -0.4 is 0 Å². The molecule has 0 heterocycles. The molecule has 1 N–H and O–H groups in total. The molecule has 0 unspecified atom stereocenters. The molecule has 0 radical (unpaired) electrons. The first kappa shape index (κ1) is 21.9. The Bertz CT molecular complexity index is 759. The number of rotatable bonds is 8. The number of benzene rings is 1. The van der Waals surface area contributed by atoms with E-state index in [1.54, 1.807) is 5.57 Å². The monoisotopic (exact) mass is 413 g/mol. The van der Waals surface area contributed by atoms with Gasteiger partial charge in [-0.2, -0.15) is 0 Å². The Labute approximate surface area is 182 Å². The summed E-state index contributed by atoms with van der Waals surface area (Å²) in [5.74, 6) is 2.68. The van der Waals surface area contributed by atoms with Crippen LogP contribution in [0.5, 0.6) is 5.75 Å². The fourth-order valence-electron chi connectivity index (χ4n) is 6.46. The van der Waals surface area contributed by atoms with E-state index in [0.29, 0.717) is 36.9 Å². The van der Waals surface area contributed by atoms with Crippen molar-refractivity contribution >= 4 is 0 Å². The molecule has 1 aromatic carbocycles. The molecule has 4 rings (SSSR count). The van der Waals surface area contributed by atoms with Crippen LogP contribution in [-0.2, 0) is 15.9 Å². The summed E-state index contributed by atoms with van der Waals surface area (Å²) in [6, 6.07) is 6.09. The minimum atomic E-state index is 0.348. The number of aryl methyl sites for hydroxylation is 1. The first-order valence-electron chi connectivity index (χ1n) is 11.8. The molecule has 3 aliphatic carbocycles. The van der Waals surface area contributed by atoms with Crippen LogP contribution in [0, 0.1) is 17.3 Å². The maximum Gasteiger partial charge on any atom is 0.115 e. The number of phenols is 1. The van der Waals surface area contributed by atoms with Gasteiger partial charge in [0, 0.05) is 6.54 Å². The van der Waals surface area contributed by atoms with E-state index in [4.69, 9.17) is 9.47 Å². The average molecular weight is 414 g/mol. The third-order valence-electron chi connectivity index (χ3n) is 8.06. The number of phenolic OH excluding ortho intramolecular Hbond substituents is 1. The summed E-state index contributed by atoms with van der Waals surface area (Å²) in [5, 5.41) is 9.87. The molecule has 4 atom stereocenters. The van der Waals surface area contributed by atoms with Gasteiger partial charge in [0.2, 0.25) is 0 Å². The topological polar surface area (TPSA) is 41.9 Å². The van der Waals surface area contributed by atoms with E-state index in [2.05, 4.69) is 38.1 Å². The highest BCUT2D eigenvalue weighted by atomic mass is 16.5. The first-order valence-corrected chi connectivity index (χ1v) is 11.8. The fourth-order valence-corrected chi connectivity index (χ4v) is 6.46. The van der Waals surface area contributed by atoms with Crippen molar-refractivity contribution in [3.05, 3.63) is 41.0 Å². The summed E-state index contributed by atoms with van der Waals surface area (Å²) >= 11 is 0. The van der Waals surface area contributed by atoms with Crippen molar-refractivity contribution in [3.8, 4) is 5.75 Å². The second kappa shape index (κ2) is 9.42. The average Bonchev–Trinajstić information content (AvgIpc) is 3.05. The van der Waals surface area contributed by atoms with Crippen LogP contribution in [-0.4, -0.2) is 57.1 Å². The molecule has 0 aromatic heterocycles. The van der Waals surface area contributed by atoms with E-state index in [1.165, 1.54) is 43.2 Å². The zero-order valence-corrected chi connectivity index (χ0v) is 19.0. The molecule has 30 heavy (non-hydrogen) atoms. The van der Waals surface area contributed by atoms with E-state index in [1.807, 2.05) is 12.1 Å². The Balaban J connectivity index is 1.32. The third-order valence-corrected chi connectivity index (χ3v) is 8.06. The molecule has 0 amide bonds. The molecule has 4 nitrogen and oxygen atoms in total. The van der Waals surface area contributed by atoms with Crippen molar-refractivity contribution < 1.29 is 14.6 Å². The quantitative estimate of drug-likeness (QED) is 0.492. The van der Waals surface area contributed by atoms with Gasteiger partial charge in [-0.15, -0.1) is 0 Å². The predicted octanol–water partition coefficient (Wildman–Crippen LogP) is 4.77. The van der Waals surface area contributed by atoms with Crippen molar-refractivity contribution in [1.82, 2.24) is 4.90 Å². The third kappa shape index (κ3) is 4.46. The Hall–Kier alpha value is -1.36. The first-order chi connectivity index (χ1) is 14.5. The molecule has 0 spiro atoms. The Morgan fingerprint density at radius 3 is 2.77 bits per heavy atom. The number of hydrogen-bond acceptors (Lipinski definition) is 4. The van der Waals surface area contributed by atoms with Crippen molar-refractivity contribution in [2.24, 2.45) is 17.3 Å². The van der Waals surface area contributed by atoms with Gasteiger partial charge in [-0.05, 0) is 99.0 Å². The number of nitrogens with zero attached hydrogens (tertiary/aromatic N) is 1. The molecule has 2 saturated carbocycles. The summed E-state index contributed by atoms with van der Waals surface area (Å²) < 4.78 is 11.5. The lowest BCUT2D eigenvalue weighted by molar-refractivity contribution is 0.0512. The largest absolute Gasteiger partial charge is 0.508 e. The zero-order valence-electron chi connectivity index (χ0n) is 19.0. The van der Waals surface area contributed by atoms with Crippen LogP contribution in [0.15, 0.2) is 29.8 Å². The van der Waals surface area contributed by atoms with Gasteiger partial charge in [-0.25, -0.2) is 0 Å². The number of ether oxygens (including phenoxy) is 2. The fraction of sp³-hybridized carbons (Fsp3) is 0.692. The van der Waals surface area contributed by atoms with Crippen LogP contribution in [0.1, 0.15) is 56.1 Å². The predicted molar refractivity (Wildman–Crippen MR) is 121 cm³/mol. The maximum atomic E-state index is 9.87. The van der Waals surface area contributed by atoms with Gasteiger partial charge in [0.25, 0.3) is 0 Å². The van der Waals surface area contributed by atoms with E-state index in [-0.39, 0.29) is 0 Å². The minimum Gasteiger partial charge on any atom is -0.508 e. The van der Waals surface area contributed by atoms with E-state index in [9.17, 15) is 5.11 Å². The summed E-state index contributed by atoms with van der Waals surface area (Å²) in [4.78, 5) is 2.13. The van der Waals surface area contributed by atoms with Crippen molar-refractivity contribution in [3.63, 3.8) is 0 Å². The second-order valence-electron chi connectivity index (χ2n) is 10.0. The van der Waals surface area contributed by atoms with Crippen LogP contribution in [0.3, 0.4) is 0 Å². The summed E-state index contributed by atoms with van der Waals surface area (Å²) in [6.45, 7) is 6.30. The molecule has 0 bridgehead atoms. The summed E-state index contributed by atoms with van der Waals surface area (Å²) in [5.41, 5.74) is 4.88. The van der Waals surface area contributed by atoms with Crippen LogP contribution >= 0.6 is 0 Å². The molecule has 0 aliphatic heterocycles.